The van der Waals surface area contributed by atoms with Crippen LogP contribution in [0.3, 0.4) is 0 Å². The van der Waals surface area contributed by atoms with Crippen LogP contribution in [0.1, 0.15) is 15.9 Å². The fourth-order valence-corrected chi connectivity index (χ4v) is 2.18. The van der Waals surface area contributed by atoms with E-state index < -0.39 is 0 Å². The third-order valence-corrected chi connectivity index (χ3v) is 3.16. The van der Waals surface area contributed by atoms with E-state index in [0.29, 0.717) is 11.3 Å². The third-order valence-electron chi connectivity index (χ3n) is 2.54. The number of halogens is 1. The van der Waals surface area contributed by atoms with Gasteiger partial charge in [-0.1, -0.05) is 36.4 Å². The summed E-state index contributed by atoms with van der Waals surface area (Å²) in [6.45, 7) is 2.05. The van der Waals surface area contributed by atoms with Gasteiger partial charge in [0.1, 0.15) is 5.75 Å². The molecule has 0 amide bonds. The van der Waals surface area contributed by atoms with Crippen molar-refractivity contribution < 1.29 is 9.53 Å². The van der Waals surface area contributed by atoms with E-state index in [1.807, 2.05) is 43.3 Å². The number of Topliss-reactive ketones (excluding diaryl/α,β-unsaturated/α-hetero) is 1. The minimum absolute atomic E-state index is 0.0249. The summed E-state index contributed by atoms with van der Waals surface area (Å²) in [5, 5.41) is 0. The quantitative estimate of drug-likeness (QED) is 0.798. The number of rotatable bonds is 4. The van der Waals surface area contributed by atoms with E-state index in [-0.39, 0.29) is 12.4 Å². The van der Waals surface area contributed by atoms with E-state index in [1.165, 1.54) is 0 Å². The predicted molar refractivity (Wildman–Crippen MR) is 75.1 cm³/mol. The number of carbonyl (C=O) groups excluding carboxylic acids is 1. The van der Waals surface area contributed by atoms with Gasteiger partial charge in [-0.2, -0.15) is 0 Å². The number of aryl methyl sites for hydroxylation is 1. The van der Waals surface area contributed by atoms with Gasteiger partial charge in [-0.25, -0.2) is 0 Å². The molecule has 2 aromatic rings. The summed E-state index contributed by atoms with van der Waals surface area (Å²) in [7, 11) is 0. The van der Waals surface area contributed by atoms with Crippen molar-refractivity contribution in [2.75, 3.05) is 6.61 Å². The van der Waals surface area contributed by atoms with Crippen molar-refractivity contribution in [1.29, 1.82) is 0 Å². The molecule has 0 bridgehead atoms. The van der Waals surface area contributed by atoms with Crippen LogP contribution in [0.4, 0.5) is 0 Å². The van der Waals surface area contributed by atoms with Crippen LogP contribution in [0, 0.1) is 6.92 Å². The van der Waals surface area contributed by atoms with Crippen molar-refractivity contribution in [2.45, 2.75) is 6.92 Å². The molecule has 0 heterocycles. The molecule has 3 heteroatoms. The highest BCUT2D eigenvalue weighted by molar-refractivity contribution is 9.10. The second-order valence-corrected chi connectivity index (χ2v) is 4.87. The van der Waals surface area contributed by atoms with Gasteiger partial charge in [-0.05, 0) is 40.5 Å². The Bertz CT molecular complexity index is 550. The van der Waals surface area contributed by atoms with Gasteiger partial charge in [0.05, 0.1) is 4.47 Å². The summed E-state index contributed by atoms with van der Waals surface area (Å²) in [6, 6.07) is 14.9. The van der Waals surface area contributed by atoms with E-state index in [0.717, 1.165) is 10.0 Å². The SMILES string of the molecule is Cc1ccc(OCC(=O)c2ccccc2)c(Br)c1. The van der Waals surface area contributed by atoms with Crippen molar-refractivity contribution in [2.24, 2.45) is 0 Å². The van der Waals surface area contributed by atoms with E-state index in [9.17, 15) is 4.79 Å². The Balaban J connectivity index is 2.02. The van der Waals surface area contributed by atoms with Crippen molar-refractivity contribution in [1.82, 2.24) is 0 Å². The number of benzene rings is 2. The first kappa shape index (κ1) is 12.8. The fraction of sp³-hybridized carbons (Fsp3) is 0.133. The Hall–Kier alpha value is -1.61. The largest absolute Gasteiger partial charge is 0.484 e. The van der Waals surface area contributed by atoms with Crippen molar-refractivity contribution in [3.63, 3.8) is 0 Å². The highest BCUT2D eigenvalue weighted by atomic mass is 79.9. The highest BCUT2D eigenvalue weighted by Crippen LogP contribution is 2.25. The maximum Gasteiger partial charge on any atom is 0.200 e. The zero-order chi connectivity index (χ0) is 13.0. The lowest BCUT2D eigenvalue weighted by molar-refractivity contribution is 0.0921. The van der Waals surface area contributed by atoms with Crippen LogP contribution in [-0.4, -0.2) is 12.4 Å². The van der Waals surface area contributed by atoms with Gasteiger partial charge in [-0.3, -0.25) is 4.79 Å². The molecule has 0 spiro atoms. The molecule has 0 saturated heterocycles. The van der Waals surface area contributed by atoms with Gasteiger partial charge in [-0.15, -0.1) is 0 Å². The van der Waals surface area contributed by atoms with E-state index in [2.05, 4.69) is 15.9 Å². The summed E-state index contributed by atoms with van der Waals surface area (Å²) in [5.41, 5.74) is 1.81. The Morgan fingerprint density at radius 1 is 1.17 bits per heavy atom. The molecule has 2 aromatic carbocycles. The molecule has 0 atom stereocenters. The zero-order valence-corrected chi connectivity index (χ0v) is 11.6. The van der Waals surface area contributed by atoms with Crippen LogP contribution in [0.15, 0.2) is 53.0 Å². The molecular formula is C15H13BrO2. The number of hydrogen-bond acceptors (Lipinski definition) is 2. The Labute approximate surface area is 115 Å². The molecule has 0 N–H and O–H groups in total. The summed E-state index contributed by atoms with van der Waals surface area (Å²) in [6.07, 6.45) is 0. The number of ether oxygens (including phenoxy) is 1. The van der Waals surface area contributed by atoms with Crippen molar-refractivity contribution >= 4 is 21.7 Å². The molecule has 18 heavy (non-hydrogen) atoms. The first-order valence-electron chi connectivity index (χ1n) is 5.64. The lowest BCUT2D eigenvalue weighted by atomic mass is 10.1. The van der Waals surface area contributed by atoms with Crippen LogP contribution in [0.25, 0.3) is 0 Å². The molecular weight excluding hydrogens is 292 g/mol. The normalized spacial score (nSPS) is 10.1. The summed E-state index contributed by atoms with van der Waals surface area (Å²) < 4.78 is 6.38. The summed E-state index contributed by atoms with van der Waals surface area (Å²) in [5.74, 6) is 0.660. The maximum absolute atomic E-state index is 11.9. The molecule has 0 aromatic heterocycles. The highest BCUT2D eigenvalue weighted by Gasteiger charge is 2.07. The van der Waals surface area contributed by atoms with Gasteiger partial charge in [0, 0.05) is 5.56 Å². The van der Waals surface area contributed by atoms with Gasteiger partial charge in [0.15, 0.2) is 12.4 Å². The van der Waals surface area contributed by atoms with E-state index in [1.54, 1.807) is 12.1 Å². The summed E-state index contributed by atoms with van der Waals surface area (Å²) >= 11 is 3.42. The third kappa shape index (κ3) is 3.20. The van der Waals surface area contributed by atoms with Crippen LogP contribution >= 0.6 is 15.9 Å². The molecule has 0 fully saturated rings. The first-order chi connectivity index (χ1) is 8.66. The van der Waals surface area contributed by atoms with Crippen molar-refractivity contribution in [3.05, 3.63) is 64.1 Å². The maximum atomic E-state index is 11.9. The molecule has 0 saturated carbocycles. The minimum atomic E-state index is -0.0249. The van der Waals surface area contributed by atoms with Crippen LogP contribution in [-0.2, 0) is 0 Å². The second kappa shape index (κ2) is 5.83. The minimum Gasteiger partial charge on any atom is -0.484 e. The molecule has 0 aliphatic carbocycles. The predicted octanol–water partition coefficient (Wildman–Crippen LogP) is 4.02. The second-order valence-electron chi connectivity index (χ2n) is 4.01. The number of ketones is 1. The molecule has 0 radical (unpaired) electrons. The molecule has 0 aliphatic rings. The fourth-order valence-electron chi connectivity index (χ4n) is 1.57. The molecule has 0 aliphatic heterocycles. The van der Waals surface area contributed by atoms with Crippen molar-refractivity contribution in [3.8, 4) is 5.75 Å². The smallest absolute Gasteiger partial charge is 0.200 e. The standard InChI is InChI=1S/C15H13BrO2/c1-11-7-8-15(13(16)9-11)18-10-14(17)12-5-3-2-4-6-12/h2-9H,10H2,1H3. The van der Waals surface area contributed by atoms with Crippen LogP contribution < -0.4 is 4.74 Å². The molecule has 2 rings (SSSR count). The Kier molecular flexibility index (Phi) is 4.15. The summed E-state index contributed by atoms with van der Waals surface area (Å²) in [4.78, 5) is 11.9. The van der Waals surface area contributed by atoms with E-state index >= 15 is 0 Å². The molecule has 92 valence electrons. The first-order valence-corrected chi connectivity index (χ1v) is 6.43. The Morgan fingerprint density at radius 2 is 1.89 bits per heavy atom. The Morgan fingerprint density at radius 3 is 2.56 bits per heavy atom. The number of hydrogen-bond donors (Lipinski definition) is 0. The molecule has 2 nitrogen and oxygen atoms in total. The van der Waals surface area contributed by atoms with Crippen LogP contribution in [0.5, 0.6) is 5.75 Å². The lowest BCUT2D eigenvalue weighted by Gasteiger charge is -2.08. The average molecular weight is 305 g/mol. The molecule has 0 unspecified atom stereocenters. The van der Waals surface area contributed by atoms with E-state index in [4.69, 9.17) is 4.74 Å². The lowest BCUT2D eigenvalue weighted by Crippen LogP contribution is -2.11. The zero-order valence-electron chi connectivity index (χ0n) is 10.0. The average Bonchev–Trinajstić information content (AvgIpc) is 2.38. The van der Waals surface area contributed by atoms with Gasteiger partial charge in [0.25, 0.3) is 0 Å². The van der Waals surface area contributed by atoms with Gasteiger partial charge < -0.3 is 4.74 Å². The topological polar surface area (TPSA) is 26.3 Å². The monoisotopic (exact) mass is 304 g/mol. The van der Waals surface area contributed by atoms with Gasteiger partial charge in [0.2, 0.25) is 0 Å². The number of carbonyl (C=O) groups is 1. The van der Waals surface area contributed by atoms with Gasteiger partial charge >= 0.3 is 0 Å². The van der Waals surface area contributed by atoms with Crippen LogP contribution in [0.2, 0.25) is 0 Å².